The zero-order valence-electron chi connectivity index (χ0n) is 8.09. The monoisotopic (exact) mass is 153 g/mol. The van der Waals surface area contributed by atoms with Crippen molar-refractivity contribution in [1.29, 1.82) is 0 Å². The van der Waals surface area contributed by atoms with Crippen LogP contribution in [0.4, 0.5) is 0 Å². The van der Waals surface area contributed by atoms with Crippen LogP contribution in [0.25, 0.3) is 0 Å². The van der Waals surface area contributed by atoms with E-state index in [1.165, 1.54) is 13.0 Å². The Morgan fingerprint density at radius 2 is 2.00 bits per heavy atom. The maximum Gasteiger partial charge on any atom is 0.0122 e. The Kier molecular flexibility index (Phi) is 2.38. The Morgan fingerprint density at radius 3 is 2.27 bits per heavy atom. The van der Waals surface area contributed by atoms with Gasteiger partial charge in [0, 0.05) is 12.1 Å². The van der Waals surface area contributed by atoms with Gasteiger partial charge in [0.2, 0.25) is 0 Å². The summed E-state index contributed by atoms with van der Waals surface area (Å²) in [7, 11) is 2.20. The minimum atomic E-state index is 0.323. The van der Waals surface area contributed by atoms with Crippen molar-refractivity contribution in [1.82, 2.24) is 4.90 Å². The lowest BCUT2D eigenvalue weighted by Crippen LogP contribution is -2.41. The molecule has 0 saturated carbocycles. The van der Waals surface area contributed by atoms with Gasteiger partial charge in [-0.1, -0.05) is 12.2 Å². The Balaban J connectivity index is 2.31. The zero-order valence-corrected chi connectivity index (χ0v) is 8.09. The minimum absolute atomic E-state index is 0.323. The van der Waals surface area contributed by atoms with Crippen molar-refractivity contribution in [2.45, 2.75) is 32.7 Å². The second-order valence-corrected chi connectivity index (χ2v) is 4.48. The lowest BCUT2D eigenvalue weighted by molar-refractivity contribution is 0.156. The molecule has 0 spiro atoms. The molecule has 0 N–H and O–H groups in total. The van der Waals surface area contributed by atoms with E-state index < -0.39 is 0 Å². The quantitative estimate of drug-likeness (QED) is 0.550. The van der Waals surface area contributed by atoms with E-state index in [2.05, 4.69) is 44.9 Å². The number of hydrogen-bond donors (Lipinski definition) is 0. The fourth-order valence-corrected chi connectivity index (χ4v) is 1.09. The highest BCUT2D eigenvalue weighted by molar-refractivity contribution is 5.03. The molecular formula is C10H19N. The molecule has 64 valence electrons. The van der Waals surface area contributed by atoms with Gasteiger partial charge in [-0.15, -0.1) is 0 Å². The molecule has 1 unspecified atom stereocenters. The molecule has 1 rings (SSSR count). The van der Waals surface area contributed by atoms with Gasteiger partial charge in [0.1, 0.15) is 0 Å². The molecule has 0 heterocycles. The Bertz CT molecular complexity index is 153. The minimum Gasteiger partial charge on any atom is -0.301 e. The van der Waals surface area contributed by atoms with Crippen molar-refractivity contribution in [3.63, 3.8) is 0 Å². The molecule has 0 bridgehead atoms. The molecule has 0 aromatic carbocycles. The van der Waals surface area contributed by atoms with Crippen molar-refractivity contribution in [3.05, 3.63) is 12.2 Å². The van der Waals surface area contributed by atoms with Gasteiger partial charge in [0.25, 0.3) is 0 Å². The van der Waals surface area contributed by atoms with Gasteiger partial charge in [0.15, 0.2) is 0 Å². The highest BCUT2D eigenvalue weighted by atomic mass is 15.2. The first-order valence-electron chi connectivity index (χ1n) is 4.38. The smallest absolute Gasteiger partial charge is 0.0122 e. The first-order valence-corrected chi connectivity index (χ1v) is 4.38. The van der Waals surface area contributed by atoms with Crippen molar-refractivity contribution >= 4 is 0 Å². The van der Waals surface area contributed by atoms with E-state index in [0.29, 0.717) is 5.54 Å². The average Bonchev–Trinajstić information content (AvgIpc) is 1.75. The number of nitrogens with zero attached hydrogens (tertiary/aromatic N) is 1. The van der Waals surface area contributed by atoms with Gasteiger partial charge in [-0.05, 0) is 40.2 Å². The van der Waals surface area contributed by atoms with Crippen LogP contribution in [-0.4, -0.2) is 24.0 Å². The van der Waals surface area contributed by atoms with Crippen LogP contribution in [0.2, 0.25) is 0 Å². The van der Waals surface area contributed by atoms with Crippen LogP contribution >= 0.6 is 0 Å². The van der Waals surface area contributed by atoms with Crippen LogP contribution in [0.1, 0.15) is 27.2 Å². The molecule has 0 amide bonds. The third-order valence-corrected chi connectivity index (χ3v) is 2.50. The number of hydrogen-bond acceptors (Lipinski definition) is 1. The molecule has 11 heavy (non-hydrogen) atoms. The van der Waals surface area contributed by atoms with Crippen molar-refractivity contribution in [3.8, 4) is 0 Å². The van der Waals surface area contributed by atoms with Gasteiger partial charge in [0.05, 0.1) is 0 Å². The molecule has 0 fully saturated rings. The SMILES string of the molecule is CN(CC1C=CC1)C(C)(C)C. The molecule has 0 aliphatic heterocycles. The van der Waals surface area contributed by atoms with Gasteiger partial charge >= 0.3 is 0 Å². The van der Waals surface area contributed by atoms with E-state index in [1.807, 2.05) is 0 Å². The van der Waals surface area contributed by atoms with Crippen LogP contribution in [0, 0.1) is 5.92 Å². The summed E-state index contributed by atoms with van der Waals surface area (Å²) in [6, 6.07) is 0. The first-order chi connectivity index (χ1) is 5.00. The Morgan fingerprint density at radius 1 is 1.45 bits per heavy atom. The maximum absolute atomic E-state index is 2.42. The average molecular weight is 153 g/mol. The van der Waals surface area contributed by atoms with Gasteiger partial charge in [-0.3, -0.25) is 0 Å². The van der Waals surface area contributed by atoms with Crippen molar-refractivity contribution in [2.75, 3.05) is 13.6 Å². The highest BCUT2D eigenvalue weighted by Gasteiger charge is 2.20. The standard InChI is InChI=1S/C10H19N/c1-10(2,3)11(4)8-9-6-5-7-9/h5-6,9H,7-8H2,1-4H3. The van der Waals surface area contributed by atoms with E-state index in [1.54, 1.807) is 0 Å². The van der Waals surface area contributed by atoms with Crippen LogP contribution in [0.5, 0.6) is 0 Å². The molecule has 0 aromatic heterocycles. The van der Waals surface area contributed by atoms with Crippen molar-refractivity contribution in [2.24, 2.45) is 5.92 Å². The summed E-state index contributed by atoms with van der Waals surface area (Å²) in [6.07, 6.45) is 5.84. The summed E-state index contributed by atoms with van der Waals surface area (Å²) < 4.78 is 0. The van der Waals surface area contributed by atoms with E-state index in [4.69, 9.17) is 0 Å². The van der Waals surface area contributed by atoms with Crippen LogP contribution in [0.15, 0.2) is 12.2 Å². The van der Waals surface area contributed by atoms with Crippen LogP contribution in [-0.2, 0) is 0 Å². The predicted octanol–water partition coefficient (Wildman–Crippen LogP) is 2.29. The number of allylic oxidation sites excluding steroid dienone is 1. The van der Waals surface area contributed by atoms with Crippen LogP contribution in [0.3, 0.4) is 0 Å². The molecule has 1 aliphatic rings. The normalized spacial score (nSPS) is 23.9. The van der Waals surface area contributed by atoms with E-state index in [0.717, 1.165) is 5.92 Å². The fraction of sp³-hybridized carbons (Fsp3) is 0.800. The maximum atomic E-state index is 2.42. The summed E-state index contributed by atoms with van der Waals surface area (Å²) in [4.78, 5) is 2.42. The zero-order chi connectivity index (χ0) is 8.48. The van der Waals surface area contributed by atoms with E-state index in [9.17, 15) is 0 Å². The highest BCUT2D eigenvalue weighted by Crippen LogP contribution is 2.20. The molecule has 1 heteroatoms. The molecule has 0 radical (unpaired) electrons. The largest absolute Gasteiger partial charge is 0.301 e. The molecule has 1 atom stereocenters. The van der Waals surface area contributed by atoms with E-state index in [-0.39, 0.29) is 0 Å². The summed E-state index contributed by atoms with van der Waals surface area (Å²) in [6.45, 7) is 7.99. The lowest BCUT2D eigenvalue weighted by atomic mass is 9.93. The molecular weight excluding hydrogens is 134 g/mol. The second kappa shape index (κ2) is 2.98. The summed E-state index contributed by atoms with van der Waals surface area (Å²) in [5, 5.41) is 0. The molecule has 0 aromatic rings. The summed E-state index contributed by atoms with van der Waals surface area (Å²) in [5.41, 5.74) is 0.323. The van der Waals surface area contributed by atoms with Crippen molar-refractivity contribution < 1.29 is 0 Å². The number of rotatable bonds is 2. The molecule has 0 saturated heterocycles. The topological polar surface area (TPSA) is 3.24 Å². The molecule has 1 nitrogen and oxygen atoms in total. The van der Waals surface area contributed by atoms with Gasteiger partial charge < -0.3 is 4.90 Å². The summed E-state index contributed by atoms with van der Waals surface area (Å²) >= 11 is 0. The predicted molar refractivity (Wildman–Crippen MR) is 49.6 cm³/mol. The van der Waals surface area contributed by atoms with E-state index >= 15 is 0 Å². The third-order valence-electron chi connectivity index (χ3n) is 2.50. The Hall–Kier alpha value is -0.300. The summed E-state index contributed by atoms with van der Waals surface area (Å²) in [5.74, 6) is 0.819. The fourth-order valence-electron chi connectivity index (χ4n) is 1.09. The van der Waals surface area contributed by atoms with Crippen LogP contribution < -0.4 is 0 Å². The molecule has 1 aliphatic carbocycles. The Labute approximate surface area is 70.1 Å². The first kappa shape index (κ1) is 8.79. The third kappa shape index (κ3) is 2.33. The lowest BCUT2D eigenvalue weighted by Gasteiger charge is -2.35. The van der Waals surface area contributed by atoms with Gasteiger partial charge in [-0.25, -0.2) is 0 Å². The second-order valence-electron chi connectivity index (χ2n) is 4.48. The van der Waals surface area contributed by atoms with Gasteiger partial charge in [-0.2, -0.15) is 0 Å².